The van der Waals surface area contributed by atoms with Crippen LogP contribution in [-0.4, -0.2) is 32.8 Å². The average Bonchev–Trinajstić information content (AvgIpc) is 2.74. The van der Waals surface area contributed by atoms with Gasteiger partial charge < -0.3 is 4.90 Å². The number of hydrogen-bond acceptors (Lipinski definition) is 3. The molecule has 31 heavy (non-hydrogen) atoms. The molecular weight excluding hydrogens is 433 g/mol. The predicted octanol–water partition coefficient (Wildman–Crippen LogP) is 5.52. The molecule has 0 saturated heterocycles. The van der Waals surface area contributed by atoms with Crippen LogP contribution in [0.4, 0.5) is 0 Å². The molecule has 1 atom stereocenters. The first-order chi connectivity index (χ1) is 14.6. The van der Waals surface area contributed by atoms with E-state index in [0.717, 1.165) is 5.56 Å². The van der Waals surface area contributed by atoms with E-state index >= 15 is 0 Å². The lowest BCUT2D eigenvalue weighted by Crippen LogP contribution is -2.44. The third-order valence-electron chi connectivity index (χ3n) is 5.51. The average molecular weight is 460 g/mol. The van der Waals surface area contributed by atoms with Gasteiger partial charge in [-0.3, -0.25) is 14.2 Å². The normalized spacial score (nSPS) is 12.7. The molecule has 0 spiro atoms. The fourth-order valence-corrected chi connectivity index (χ4v) is 3.86. The van der Waals surface area contributed by atoms with E-state index in [4.69, 9.17) is 28.2 Å². The Morgan fingerprint density at radius 2 is 1.84 bits per heavy atom. The summed E-state index contributed by atoms with van der Waals surface area (Å²) in [6, 6.07) is 12.2. The number of nitrogens with zero attached hydrogens (tertiary/aromatic N) is 3. The van der Waals surface area contributed by atoms with Crippen LogP contribution >= 0.6 is 23.2 Å². The summed E-state index contributed by atoms with van der Waals surface area (Å²) in [5, 5.41) is 0.967. The monoisotopic (exact) mass is 459 g/mol. The molecule has 0 radical (unpaired) electrons. The molecule has 0 fully saturated rings. The van der Waals surface area contributed by atoms with Gasteiger partial charge in [-0.2, -0.15) is 0 Å². The van der Waals surface area contributed by atoms with Crippen molar-refractivity contribution in [1.82, 2.24) is 14.5 Å². The van der Waals surface area contributed by atoms with Crippen molar-refractivity contribution in [3.8, 4) is 5.69 Å². The first-order valence-electron chi connectivity index (χ1n) is 10.3. The molecule has 164 valence electrons. The topological polar surface area (TPSA) is 55.2 Å². The van der Waals surface area contributed by atoms with Crippen molar-refractivity contribution >= 4 is 40.0 Å². The molecule has 3 aromatic rings. The minimum absolute atomic E-state index is 0.0894. The Morgan fingerprint density at radius 3 is 2.42 bits per heavy atom. The molecule has 1 aromatic heterocycles. The first-order valence-corrected chi connectivity index (χ1v) is 11.2. The molecular formula is C24H27Cl2N3O2. The summed E-state index contributed by atoms with van der Waals surface area (Å²) in [7, 11) is 0. The fourth-order valence-electron chi connectivity index (χ4n) is 3.58. The fraction of sp³-hybridized carbons (Fsp3) is 0.375. The number of aromatic nitrogens is 2. The van der Waals surface area contributed by atoms with Crippen molar-refractivity contribution in [2.45, 2.75) is 40.7 Å². The number of benzene rings is 2. The van der Waals surface area contributed by atoms with Crippen LogP contribution in [0, 0.1) is 12.3 Å². The minimum atomic E-state index is -0.735. The van der Waals surface area contributed by atoms with Crippen molar-refractivity contribution in [3.05, 3.63) is 69.2 Å². The minimum Gasteiger partial charge on any atom is -0.333 e. The summed E-state index contributed by atoms with van der Waals surface area (Å²) in [4.78, 5) is 33.3. The molecule has 0 saturated carbocycles. The highest BCUT2D eigenvalue weighted by Gasteiger charge is 2.35. The molecule has 7 heteroatoms. The molecule has 0 aliphatic carbocycles. The van der Waals surface area contributed by atoms with Gasteiger partial charge in [0.1, 0.15) is 5.82 Å². The van der Waals surface area contributed by atoms with Crippen LogP contribution in [0.3, 0.4) is 0 Å². The summed E-state index contributed by atoms with van der Waals surface area (Å²) < 4.78 is 1.59. The van der Waals surface area contributed by atoms with Crippen molar-refractivity contribution in [2.75, 3.05) is 12.4 Å². The van der Waals surface area contributed by atoms with Gasteiger partial charge >= 0.3 is 0 Å². The smallest absolute Gasteiger partial charge is 0.266 e. The lowest BCUT2D eigenvalue weighted by molar-refractivity contribution is -0.141. The van der Waals surface area contributed by atoms with E-state index in [1.54, 1.807) is 27.7 Å². The van der Waals surface area contributed by atoms with Crippen molar-refractivity contribution in [2.24, 2.45) is 5.41 Å². The van der Waals surface area contributed by atoms with Crippen molar-refractivity contribution < 1.29 is 4.79 Å². The molecule has 0 aliphatic heterocycles. The number of carbonyl (C=O) groups excluding carboxylic acids is 1. The molecule has 2 aromatic carbocycles. The Bertz CT molecular complexity index is 1170. The van der Waals surface area contributed by atoms with Crippen LogP contribution in [0.25, 0.3) is 16.6 Å². The van der Waals surface area contributed by atoms with Crippen LogP contribution in [-0.2, 0) is 4.79 Å². The second-order valence-corrected chi connectivity index (χ2v) is 9.10. The maximum absolute atomic E-state index is 13.5. The van der Waals surface area contributed by atoms with E-state index in [-0.39, 0.29) is 17.3 Å². The Balaban J connectivity index is 2.28. The largest absolute Gasteiger partial charge is 0.333 e. The Morgan fingerprint density at radius 1 is 1.19 bits per heavy atom. The Hall–Kier alpha value is -2.37. The first kappa shape index (κ1) is 23.3. The van der Waals surface area contributed by atoms with E-state index in [9.17, 15) is 9.59 Å². The van der Waals surface area contributed by atoms with Gasteiger partial charge in [0.05, 0.1) is 28.0 Å². The van der Waals surface area contributed by atoms with Crippen LogP contribution in [0.15, 0.2) is 47.3 Å². The maximum atomic E-state index is 13.5. The number of amides is 1. The number of carbonyl (C=O) groups is 1. The highest BCUT2D eigenvalue weighted by molar-refractivity contribution is 6.31. The van der Waals surface area contributed by atoms with E-state index in [1.165, 1.54) is 0 Å². The molecule has 3 rings (SSSR count). The Kier molecular flexibility index (Phi) is 6.77. The summed E-state index contributed by atoms with van der Waals surface area (Å²) in [6.45, 7) is 9.87. The lowest BCUT2D eigenvalue weighted by atomic mass is 9.93. The highest BCUT2D eigenvalue weighted by Crippen LogP contribution is 2.29. The Labute approximate surface area is 192 Å². The molecule has 1 heterocycles. The second kappa shape index (κ2) is 9.01. The summed E-state index contributed by atoms with van der Waals surface area (Å²) in [5.74, 6) is 0.582. The summed E-state index contributed by atoms with van der Waals surface area (Å²) >= 11 is 12.2. The number of aryl methyl sites for hydroxylation is 1. The van der Waals surface area contributed by atoms with Crippen LogP contribution in [0.5, 0.6) is 0 Å². The second-order valence-electron chi connectivity index (χ2n) is 8.39. The zero-order chi connectivity index (χ0) is 22.9. The van der Waals surface area contributed by atoms with Gasteiger partial charge in [-0.1, -0.05) is 29.3 Å². The van der Waals surface area contributed by atoms with Crippen LogP contribution in [0.1, 0.15) is 45.1 Å². The standard InChI is InChI=1S/C24H27Cl2N3O2/c1-6-28(23(31)24(4,5)14-25)16(3)21-27-20-13-17(26)9-12-19(20)22(30)29(21)18-10-7-15(2)8-11-18/h7-13,16H,6,14H2,1-5H3. The number of hydrogen-bond donors (Lipinski definition) is 0. The summed E-state index contributed by atoms with van der Waals surface area (Å²) in [5.41, 5.74) is 1.35. The molecule has 1 amide bonds. The molecule has 5 nitrogen and oxygen atoms in total. The highest BCUT2D eigenvalue weighted by atomic mass is 35.5. The number of rotatable bonds is 6. The van der Waals surface area contributed by atoms with Gasteiger partial charge in [-0.05, 0) is 65.0 Å². The van der Waals surface area contributed by atoms with Gasteiger partial charge in [0.15, 0.2) is 0 Å². The van der Waals surface area contributed by atoms with Gasteiger partial charge in [0.2, 0.25) is 5.91 Å². The van der Waals surface area contributed by atoms with Gasteiger partial charge in [-0.15, -0.1) is 11.6 Å². The molecule has 0 aliphatic rings. The summed E-state index contributed by atoms with van der Waals surface area (Å²) in [6.07, 6.45) is 0. The van der Waals surface area contributed by atoms with E-state index < -0.39 is 11.5 Å². The van der Waals surface area contributed by atoms with Gasteiger partial charge in [0, 0.05) is 17.4 Å². The molecule has 1 unspecified atom stereocenters. The number of alkyl halides is 1. The maximum Gasteiger partial charge on any atom is 0.266 e. The lowest BCUT2D eigenvalue weighted by Gasteiger charge is -2.35. The molecule has 0 N–H and O–H groups in total. The van der Waals surface area contributed by atoms with E-state index in [0.29, 0.717) is 34.0 Å². The van der Waals surface area contributed by atoms with Gasteiger partial charge in [-0.25, -0.2) is 4.98 Å². The van der Waals surface area contributed by atoms with Crippen molar-refractivity contribution in [3.63, 3.8) is 0 Å². The number of fused-ring (bicyclic) bond motifs is 1. The zero-order valence-electron chi connectivity index (χ0n) is 18.4. The van der Waals surface area contributed by atoms with Crippen LogP contribution < -0.4 is 5.56 Å². The SMILES string of the molecule is CCN(C(=O)C(C)(C)CCl)C(C)c1nc2cc(Cl)ccc2c(=O)n1-c1ccc(C)cc1. The third kappa shape index (κ3) is 4.48. The predicted molar refractivity (Wildman–Crippen MR) is 127 cm³/mol. The molecule has 0 bridgehead atoms. The zero-order valence-corrected chi connectivity index (χ0v) is 20.0. The quantitative estimate of drug-likeness (QED) is 0.455. The third-order valence-corrected chi connectivity index (χ3v) is 6.41. The van der Waals surface area contributed by atoms with Gasteiger partial charge in [0.25, 0.3) is 5.56 Å². The van der Waals surface area contributed by atoms with E-state index in [1.807, 2.05) is 58.9 Å². The number of halogens is 2. The van der Waals surface area contributed by atoms with Crippen LogP contribution in [0.2, 0.25) is 5.02 Å². The van der Waals surface area contributed by atoms with Crippen molar-refractivity contribution in [1.29, 1.82) is 0 Å². The van der Waals surface area contributed by atoms with E-state index in [2.05, 4.69) is 0 Å².